The Balaban J connectivity index is 1.61. The average Bonchev–Trinajstić information content (AvgIpc) is 2.98. The second-order valence-corrected chi connectivity index (χ2v) is 4.87. The number of rotatable bonds is 5. The third-order valence-electron chi connectivity index (χ3n) is 3.27. The van der Waals surface area contributed by atoms with E-state index in [1.807, 2.05) is 6.92 Å². The van der Waals surface area contributed by atoms with Crippen LogP contribution in [-0.4, -0.2) is 50.8 Å². The molecule has 2 saturated heterocycles. The van der Waals surface area contributed by atoms with Gasteiger partial charge in [-0.05, 0) is 19.8 Å². The molecule has 2 rings (SSSR count). The van der Waals surface area contributed by atoms with Crippen LogP contribution >= 0.6 is 0 Å². The Kier molecular flexibility index (Phi) is 4.79. The molecule has 0 aliphatic carbocycles. The fraction of sp³-hybridized carbons (Fsp3) is 0.917. The van der Waals surface area contributed by atoms with Crippen molar-refractivity contribution in [2.24, 2.45) is 10.7 Å². The Morgan fingerprint density at radius 1 is 1.39 bits per heavy atom. The van der Waals surface area contributed by atoms with Crippen LogP contribution < -0.4 is 11.1 Å². The van der Waals surface area contributed by atoms with Gasteiger partial charge in [0.15, 0.2) is 11.7 Å². The molecule has 0 amide bonds. The number of guanidine groups is 1. The van der Waals surface area contributed by atoms with Crippen LogP contribution in [0.3, 0.4) is 0 Å². The molecule has 2 aliphatic rings. The number of nitrogens with zero attached hydrogens (tertiary/aromatic N) is 1. The standard InChI is InChI=1S/C12H23N3O3/c1-12(17-7-8-18-12)4-5-14-11(13)15-9-10-3-2-6-16-10/h10H,2-9H2,1H3,(H3,13,14,15). The Hall–Kier alpha value is -0.850. The van der Waals surface area contributed by atoms with Crippen LogP contribution in [0.1, 0.15) is 26.2 Å². The number of nitrogens with two attached hydrogens (primary N) is 1. The molecule has 18 heavy (non-hydrogen) atoms. The second kappa shape index (κ2) is 6.36. The lowest BCUT2D eigenvalue weighted by molar-refractivity contribution is -0.145. The topological polar surface area (TPSA) is 78.1 Å². The number of hydrogen-bond donors (Lipinski definition) is 2. The Labute approximate surface area is 108 Å². The molecular weight excluding hydrogens is 234 g/mol. The monoisotopic (exact) mass is 257 g/mol. The molecule has 6 heteroatoms. The van der Waals surface area contributed by atoms with Crippen LogP contribution in [0, 0.1) is 0 Å². The van der Waals surface area contributed by atoms with Crippen molar-refractivity contribution in [3.8, 4) is 0 Å². The van der Waals surface area contributed by atoms with Gasteiger partial charge in [0.25, 0.3) is 0 Å². The minimum atomic E-state index is -0.470. The molecule has 0 aromatic carbocycles. The minimum Gasteiger partial charge on any atom is -0.376 e. The molecule has 0 bridgehead atoms. The average molecular weight is 257 g/mol. The van der Waals surface area contributed by atoms with Gasteiger partial charge in [0.2, 0.25) is 0 Å². The van der Waals surface area contributed by atoms with Gasteiger partial charge in [-0.1, -0.05) is 0 Å². The summed E-state index contributed by atoms with van der Waals surface area (Å²) >= 11 is 0. The van der Waals surface area contributed by atoms with Crippen molar-refractivity contribution in [3.63, 3.8) is 0 Å². The highest BCUT2D eigenvalue weighted by Gasteiger charge is 2.30. The van der Waals surface area contributed by atoms with Gasteiger partial charge in [0, 0.05) is 19.6 Å². The molecule has 104 valence electrons. The third kappa shape index (κ3) is 4.12. The van der Waals surface area contributed by atoms with Crippen molar-refractivity contribution in [1.82, 2.24) is 5.32 Å². The summed E-state index contributed by atoms with van der Waals surface area (Å²) in [6.07, 6.45) is 3.20. The van der Waals surface area contributed by atoms with Gasteiger partial charge in [-0.2, -0.15) is 0 Å². The maximum atomic E-state index is 5.78. The smallest absolute Gasteiger partial charge is 0.188 e. The first-order chi connectivity index (χ1) is 8.68. The highest BCUT2D eigenvalue weighted by Crippen LogP contribution is 2.21. The van der Waals surface area contributed by atoms with Crippen LogP contribution in [-0.2, 0) is 14.2 Å². The summed E-state index contributed by atoms with van der Waals surface area (Å²) < 4.78 is 16.5. The van der Waals surface area contributed by atoms with Gasteiger partial charge in [-0.3, -0.25) is 4.99 Å². The lowest BCUT2D eigenvalue weighted by Gasteiger charge is -2.22. The molecule has 3 N–H and O–H groups in total. The first-order valence-electron chi connectivity index (χ1n) is 6.61. The number of nitrogens with one attached hydrogen (secondary N) is 1. The fourth-order valence-electron chi connectivity index (χ4n) is 2.16. The maximum absolute atomic E-state index is 5.78. The lowest BCUT2D eigenvalue weighted by atomic mass is 10.2. The van der Waals surface area contributed by atoms with E-state index in [1.54, 1.807) is 0 Å². The highest BCUT2D eigenvalue weighted by molar-refractivity contribution is 5.77. The molecule has 0 spiro atoms. The molecule has 0 aromatic heterocycles. The van der Waals surface area contributed by atoms with Crippen molar-refractivity contribution < 1.29 is 14.2 Å². The summed E-state index contributed by atoms with van der Waals surface area (Å²) in [5.74, 6) is -0.00549. The molecule has 6 nitrogen and oxygen atoms in total. The number of hydrogen-bond acceptors (Lipinski definition) is 4. The first-order valence-corrected chi connectivity index (χ1v) is 6.61. The zero-order chi connectivity index (χ0) is 12.8. The molecule has 0 radical (unpaired) electrons. The van der Waals surface area contributed by atoms with Gasteiger partial charge in [-0.25, -0.2) is 0 Å². The van der Waals surface area contributed by atoms with Gasteiger partial charge in [0.1, 0.15) is 0 Å². The predicted molar refractivity (Wildman–Crippen MR) is 68.4 cm³/mol. The Morgan fingerprint density at radius 3 is 2.83 bits per heavy atom. The van der Waals surface area contributed by atoms with E-state index in [0.717, 1.165) is 25.9 Å². The summed E-state index contributed by atoms with van der Waals surface area (Å²) in [4.78, 5) is 4.27. The molecule has 0 saturated carbocycles. The Bertz CT molecular complexity index is 284. The zero-order valence-electron chi connectivity index (χ0n) is 11.0. The summed E-state index contributed by atoms with van der Waals surface area (Å²) in [7, 11) is 0. The molecule has 1 unspecified atom stereocenters. The molecule has 2 fully saturated rings. The van der Waals surface area contributed by atoms with E-state index in [0.29, 0.717) is 32.3 Å². The summed E-state index contributed by atoms with van der Waals surface area (Å²) in [5, 5.41) is 3.07. The summed E-state index contributed by atoms with van der Waals surface area (Å²) in [6.45, 7) is 5.46. The van der Waals surface area contributed by atoms with Crippen LogP contribution in [0.4, 0.5) is 0 Å². The van der Waals surface area contributed by atoms with Crippen LogP contribution in [0.25, 0.3) is 0 Å². The van der Waals surface area contributed by atoms with Crippen LogP contribution in [0.5, 0.6) is 0 Å². The highest BCUT2D eigenvalue weighted by atomic mass is 16.7. The SMILES string of the molecule is CC1(CCNC(N)=NCC2CCCO2)OCCO1. The van der Waals surface area contributed by atoms with E-state index in [9.17, 15) is 0 Å². The zero-order valence-corrected chi connectivity index (χ0v) is 11.0. The summed E-state index contributed by atoms with van der Waals surface area (Å²) in [6, 6.07) is 0. The quantitative estimate of drug-likeness (QED) is 0.544. The fourth-order valence-corrected chi connectivity index (χ4v) is 2.16. The molecule has 2 aliphatic heterocycles. The van der Waals surface area contributed by atoms with E-state index in [-0.39, 0.29) is 6.10 Å². The lowest BCUT2D eigenvalue weighted by Crippen LogP contribution is -2.37. The normalized spacial score (nSPS) is 27.6. The number of aliphatic imine (C=N–C) groups is 1. The predicted octanol–water partition coefficient (Wildman–Crippen LogP) is 0.223. The number of ether oxygens (including phenoxy) is 3. The van der Waals surface area contributed by atoms with Crippen LogP contribution in [0.2, 0.25) is 0 Å². The molecular formula is C12H23N3O3. The maximum Gasteiger partial charge on any atom is 0.188 e. The van der Waals surface area contributed by atoms with Crippen molar-refractivity contribution in [1.29, 1.82) is 0 Å². The minimum absolute atomic E-state index is 0.240. The van der Waals surface area contributed by atoms with Crippen molar-refractivity contribution in [2.45, 2.75) is 38.1 Å². The molecule has 1 atom stereocenters. The van der Waals surface area contributed by atoms with E-state index in [4.69, 9.17) is 19.9 Å². The van der Waals surface area contributed by atoms with Gasteiger partial charge in [0.05, 0.1) is 25.9 Å². The third-order valence-corrected chi connectivity index (χ3v) is 3.27. The van der Waals surface area contributed by atoms with Crippen molar-refractivity contribution >= 4 is 5.96 Å². The van der Waals surface area contributed by atoms with Gasteiger partial charge >= 0.3 is 0 Å². The van der Waals surface area contributed by atoms with Gasteiger partial charge < -0.3 is 25.3 Å². The Morgan fingerprint density at radius 2 is 2.17 bits per heavy atom. The van der Waals surface area contributed by atoms with Gasteiger partial charge in [-0.15, -0.1) is 0 Å². The largest absolute Gasteiger partial charge is 0.376 e. The van der Waals surface area contributed by atoms with E-state index < -0.39 is 5.79 Å². The van der Waals surface area contributed by atoms with Crippen LogP contribution in [0.15, 0.2) is 4.99 Å². The molecule has 0 aromatic rings. The van der Waals surface area contributed by atoms with E-state index in [2.05, 4.69) is 10.3 Å². The summed E-state index contributed by atoms with van der Waals surface area (Å²) in [5.41, 5.74) is 5.78. The molecule has 2 heterocycles. The van der Waals surface area contributed by atoms with E-state index in [1.165, 1.54) is 0 Å². The second-order valence-electron chi connectivity index (χ2n) is 4.87. The van der Waals surface area contributed by atoms with E-state index >= 15 is 0 Å². The van der Waals surface area contributed by atoms with Crippen molar-refractivity contribution in [2.75, 3.05) is 32.9 Å². The van der Waals surface area contributed by atoms with Crippen molar-refractivity contribution in [3.05, 3.63) is 0 Å². The first kappa shape index (κ1) is 13.6.